The van der Waals surface area contributed by atoms with Crippen LogP contribution in [0.25, 0.3) is 10.9 Å². The van der Waals surface area contributed by atoms with Crippen molar-refractivity contribution in [3.63, 3.8) is 0 Å². The summed E-state index contributed by atoms with van der Waals surface area (Å²) >= 11 is 0. The Morgan fingerprint density at radius 2 is 1.93 bits per heavy atom. The fraction of sp³-hybridized carbons (Fsp3) is 0.385. The SMILES string of the molecule is CC(C)(C)[C@H](N)c1cccc2[nH]ccc12. The smallest absolute Gasteiger partial charge is 0.0457 e. The Labute approximate surface area is 90.5 Å². The van der Waals surface area contributed by atoms with Gasteiger partial charge in [-0.3, -0.25) is 0 Å². The van der Waals surface area contributed by atoms with Crippen LogP contribution < -0.4 is 5.73 Å². The van der Waals surface area contributed by atoms with Gasteiger partial charge in [0, 0.05) is 23.1 Å². The summed E-state index contributed by atoms with van der Waals surface area (Å²) in [4.78, 5) is 3.21. The van der Waals surface area contributed by atoms with Gasteiger partial charge in [-0.15, -0.1) is 0 Å². The Morgan fingerprint density at radius 1 is 1.20 bits per heavy atom. The van der Waals surface area contributed by atoms with E-state index in [4.69, 9.17) is 5.73 Å². The number of H-pyrrole nitrogens is 1. The molecular formula is C13H18N2. The third kappa shape index (κ3) is 1.77. The summed E-state index contributed by atoms with van der Waals surface area (Å²) in [6.45, 7) is 6.51. The second-order valence-electron chi connectivity index (χ2n) is 5.13. The van der Waals surface area contributed by atoms with E-state index < -0.39 is 0 Å². The third-order valence-corrected chi connectivity index (χ3v) is 2.90. The molecule has 0 bridgehead atoms. The molecule has 3 N–H and O–H groups in total. The maximum absolute atomic E-state index is 6.28. The lowest BCUT2D eigenvalue weighted by Crippen LogP contribution is -2.26. The Bertz CT molecular complexity index is 463. The zero-order valence-corrected chi connectivity index (χ0v) is 9.54. The minimum absolute atomic E-state index is 0.0667. The number of hydrogen-bond donors (Lipinski definition) is 2. The molecule has 1 aromatic heterocycles. The summed E-state index contributed by atoms with van der Waals surface area (Å²) in [7, 11) is 0. The highest BCUT2D eigenvalue weighted by atomic mass is 14.7. The van der Waals surface area contributed by atoms with E-state index in [1.54, 1.807) is 0 Å². The van der Waals surface area contributed by atoms with Gasteiger partial charge in [-0.05, 0) is 23.1 Å². The van der Waals surface area contributed by atoms with Crippen molar-refractivity contribution in [1.82, 2.24) is 4.98 Å². The van der Waals surface area contributed by atoms with E-state index in [9.17, 15) is 0 Å². The number of hydrogen-bond acceptors (Lipinski definition) is 1. The predicted octanol–water partition coefficient (Wildman–Crippen LogP) is 3.21. The summed E-state index contributed by atoms with van der Waals surface area (Å²) in [5.74, 6) is 0. The molecule has 0 spiro atoms. The Kier molecular flexibility index (Phi) is 2.31. The zero-order chi connectivity index (χ0) is 11.1. The van der Waals surface area contributed by atoms with E-state index in [1.165, 1.54) is 10.9 Å². The number of nitrogens with one attached hydrogen (secondary N) is 1. The van der Waals surface area contributed by atoms with Crippen molar-refractivity contribution in [2.75, 3.05) is 0 Å². The first-order valence-electron chi connectivity index (χ1n) is 5.32. The Hall–Kier alpha value is -1.28. The zero-order valence-electron chi connectivity index (χ0n) is 9.54. The molecule has 0 amide bonds. The molecule has 0 aliphatic carbocycles. The molecule has 0 aliphatic heterocycles. The minimum Gasteiger partial charge on any atom is -0.361 e. The van der Waals surface area contributed by atoms with Crippen molar-refractivity contribution in [3.05, 3.63) is 36.0 Å². The van der Waals surface area contributed by atoms with Crippen LogP contribution >= 0.6 is 0 Å². The monoisotopic (exact) mass is 202 g/mol. The predicted molar refractivity (Wildman–Crippen MR) is 64.7 cm³/mol. The van der Waals surface area contributed by atoms with Crippen molar-refractivity contribution in [2.45, 2.75) is 26.8 Å². The number of benzene rings is 1. The van der Waals surface area contributed by atoms with Gasteiger partial charge in [0.1, 0.15) is 0 Å². The molecule has 0 aliphatic rings. The summed E-state index contributed by atoms with van der Waals surface area (Å²) in [5, 5.41) is 1.24. The molecule has 0 fully saturated rings. The molecule has 15 heavy (non-hydrogen) atoms. The van der Waals surface area contributed by atoms with E-state index in [0.29, 0.717) is 0 Å². The molecular weight excluding hydrogens is 184 g/mol. The molecule has 1 heterocycles. The highest BCUT2D eigenvalue weighted by Gasteiger charge is 2.23. The molecule has 80 valence electrons. The molecule has 2 heteroatoms. The lowest BCUT2D eigenvalue weighted by Gasteiger charge is -2.27. The van der Waals surface area contributed by atoms with Crippen molar-refractivity contribution >= 4 is 10.9 Å². The normalized spacial score (nSPS) is 14.4. The highest BCUT2D eigenvalue weighted by molar-refractivity contribution is 5.83. The second kappa shape index (κ2) is 3.38. The maximum Gasteiger partial charge on any atom is 0.0457 e. The fourth-order valence-electron chi connectivity index (χ4n) is 1.85. The van der Waals surface area contributed by atoms with Crippen LogP contribution in [0, 0.1) is 5.41 Å². The Morgan fingerprint density at radius 3 is 2.60 bits per heavy atom. The number of fused-ring (bicyclic) bond motifs is 1. The van der Waals surface area contributed by atoms with E-state index in [1.807, 2.05) is 6.20 Å². The van der Waals surface area contributed by atoms with E-state index in [2.05, 4.69) is 50.0 Å². The molecule has 0 unspecified atom stereocenters. The van der Waals surface area contributed by atoms with Crippen molar-refractivity contribution in [1.29, 1.82) is 0 Å². The topological polar surface area (TPSA) is 41.8 Å². The molecule has 0 radical (unpaired) electrons. The number of nitrogens with two attached hydrogens (primary N) is 1. The van der Waals surface area contributed by atoms with E-state index in [0.717, 1.165) is 5.52 Å². The largest absolute Gasteiger partial charge is 0.361 e. The molecule has 2 aromatic rings. The van der Waals surface area contributed by atoms with Gasteiger partial charge in [-0.2, -0.15) is 0 Å². The van der Waals surface area contributed by atoms with Gasteiger partial charge in [0.15, 0.2) is 0 Å². The first kappa shape index (κ1) is 10.2. The van der Waals surface area contributed by atoms with Crippen molar-refractivity contribution in [2.24, 2.45) is 11.1 Å². The quantitative estimate of drug-likeness (QED) is 0.732. The van der Waals surface area contributed by atoms with Crippen molar-refractivity contribution in [3.8, 4) is 0 Å². The van der Waals surface area contributed by atoms with Gasteiger partial charge in [-0.1, -0.05) is 32.9 Å². The summed E-state index contributed by atoms with van der Waals surface area (Å²) < 4.78 is 0. The summed E-state index contributed by atoms with van der Waals surface area (Å²) in [6, 6.07) is 8.41. The van der Waals surface area contributed by atoms with Crippen LogP contribution in [0.4, 0.5) is 0 Å². The van der Waals surface area contributed by atoms with Gasteiger partial charge in [0.05, 0.1) is 0 Å². The van der Waals surface area contributed by atoms with E-state index in [-0.39, 0.29) is 11.5 Å². The second-order valence-corrected chi connectivity index (χ2v) is 5.13. The lowest BCUT2D eigenvalue weighted by atomic mass is 9.82. The van der Waals surface area contributed by atoms with Crippen LogP contribution in [0.3, 0.4) is 0 Å². The van der Waals surface area contributed by atoms with E-state index >= 15 is 0 Å². The molecule has 1 atom stereocenters. The fourth-order valence-corrected chi connectivity index (χ4v) is 1.85. The number of rotatable bonds is 1. The average Bonchev–Trinajstić information content (AvgIpc) is 2.62. The third-order valence-electron chi connectivity index (χ3n) is 2.90. The summed E-state index contributed by atoms with van der Waals surface area (Å²) in [5.41, 5.74) is 8.76. The van der Waals surface area contributed by atoms with Gasteiger partial charge in [0.25, 0.3) is 0 Å². The number of aromatic amines is 1. The van der Waals surface area contributed by atoms with Crippen molar-refractivity contribution < 1.29 is 0 Å². The standard InChI is InChI=1S/C13H18N2/c1-13(2,3)12(14)10-5-4-6-11-9(10)7-8-15-11/h4-8,12,15H,14H2,1-3H3/t12-/m1/s1. The first-order valence-corrected chi connectivity index (χ1v) is 5.32. The van der Waals surface area contributed by atoms with Gasteiger partial charge in [-0.25, -0.2) is 0 Å². The lowest BCUT2D eigenvalue weighted by molar-refractivity contribution is 0.328. The maximum atomic E-state index is 6.28. The van der Waals surface area contributed by atoms with Gasteiger partial charge < -0.3 is 10.7 Å². The summed E-state index contributed by atoms with van der Waals surface area (Å²) in [6.07, 6.45) is 1.96. The minimum atomic E-state index is 0.0667. The molecule has 2 rings (SSSR count). The average molecular weight is 202 g/mol. The molecule has 0 saturated carbocycles. The van der Waals surface area contributed by atoms with Crippen LogP contribution in [-0.4, -0.2) is 4.98 Å². The number of aromatic nitrogens is 1. The molecule has 0 saturated heterocycles. The van der Waals surface area contributed by atoms with Crippen LogP contribution in [-0.2, 0) is 0 Å². The van der Waals surface area contributed by atoms with Crippen LogP contribution in [0.15, 0.2) is 30.5 Å². The highest BCUT2D eigenvalue weighted by Crippen LogP contribution is 2.33. The van der Waals surface area contributed by atoms with Gasteiger partial charge in [0.2, 0.25) is 0 Å². The molecule has 2 nitrogen and oxygen atoms in total. The van der Waals surface area contributed by atoms with Crippen LogP contribution in [0.1, 0.15) is 32.4 Å². The Balaban J connectivity index is 2.56. The van der Waals surface area contributed by atoms with Gasteiger partial charge >= 0.3 is 0 Å². The molecule has 1 aromatic carbocycles. The first-order chi connectivity index (χ1) is 7.00. The van der Waals surface area contributed by atoms with Crippen LogP contribution in [0.5, 0.6) is 0 Å². The van der Waals surface area contributed by atoms with Crippen LogP contribution in [0.2, 0.25) is 0 Å².